The largest absolute Gasteiger partial charge is 0.507 e. The van der Waals surface area contributed by atoms with Gasteiger partial charge in [-0.05, 0) is 18.2 Å². The van der Waals surface area contributed by atoms with Crippen LogP contribution in [0.1, 0.15) is 10.4 Å². The summed E-state index contributed by atoms with van der Waals surface area (Å²) in [6, 6.07) is 2.04. The van der Waals surface area contributed by atoms with Gasteiger partial charge in [0.2, 0.25) is 0 Å². The molecule has 10 heteroatoms. The number of halogens is 5. The Hall–Kier alpha value is -2.39. The summed E-state index contributed by atoms with van der Waals surface area (Å²) in [5.41, 5.74) is -1.40. The molecule has 1 rings (SSSR count). The summed E-state index contributed by atoms with van der Waals surface area (Å²) < 4.78 is 61.0. The molecule has 1 aromatic carbocycles. The molecule has 0 atom stereocenters. The summed E-state index contributed by atoms with van der Waals surface area (Å²) in [7, 11) is 0. The van der Waals surface area contributed by atoms with Crippen molar-refractivity contribution in [3.05, 3.63) is 23.8 Å². The van der Waals surface area contributed by atoms with Gasteiger partial charge in [-0.2, -0.15) is 22.0 Å². The molecule has 0 unspecified atom stereocenters. The first-order valence-electron chi connectivity index (χ1n) is 4.79. The number of carbonyl (C=O) groups excluding carboxylic acids is 1. The molecule has 0 radical (unpaired) electrons. The Morgan fingerprint density at radius 2 is 1.65 bits per heavy atom. The smallest absolute Gasteiger partial charge is 0.463 e. The van der Waals surface area contributed by atoms with E-state index in [0.717, 1.165) is 12.1 Å². The average molecular weight is 299 g/mol. The first-order chi connectivity index (χ1) is 8.96. The molecular weight excluding hydrogens is 293 g/mol. The van der Waals surface area contributed by atoms with E-state index in [1.165, 1.54) is 5.32 Å². The molecule has 5 nitrogen and oxygen atoms in total. The van der Waals surface area contributed by atoms with Crippen LogP contribution in [0.15, 0.2) is 18.2 Å². The fourth-order valence-electron chi connectivity index (χ4n) is 1.12. The van der Waals surface area contributed by atoms with Gasteiger partial charge in [-0.25, -0.2) is 4.79 Å². The van der Waals surface area contributed by atoms with Gasteiger partial charge in [-0.3, -0.25) is 4.79 Å². The zero-order chi connectivity index (χ0) is 15.7. The molecule has 20 heavy (non-hydrogen) atoms. The summed E-state index contributed by atoms with van der Waals surface area (Å²) in [5, 5.41) is 18.9. The van der Waals surface area contributed by atoms with Crippen LogP contribution in [-0.2, 0) is 4.79 Å². The number of alkyl halides is 5. The number of aromatic carboxylic acids is 1. The second-order valence-corrected chi connectivity index (χ2v) is 3.56. The summed E-state index contributed by atoms with van der Waals surface area (Å²) >= 11 is 0. The Bertz CT molecular complexity index is 555. The van der Waals surface area contributed by atoms with Gasteiger partial charge < -0.3 is 15.5 Å². The topological polar surface area (TPSA) is 86.6 Å². The quantitative estimate of drug-likeness (QED) is 0.590. The van der Waals surface area contributed by atoms with Crippen molar-refractivity contribution in [2.45, 2.75) is 12.1 Å². The van der Waals surface area contributed by atoms with E-state index in [0.29, 0.717) is 6.07 Å². The molecule has 1 aromatic rings. The third-order valence-corrected chi connectivity index (χ3v) is 2.13. The minimum absolute atomic E-state index is 0.544. The normalized spacial score (nSPS) is 12.1. The number of hydrogen-bond acceptors (Lipinski definition) is 3. The van der Waals surface area contributed by atoms with Crippen LogP contribution >= 0.6 is 0 Å². The minimum Gasteiger partial charge on any atom is -0.507 e. The Morgan fingerprint density at radius 3 is 2.10 bits per heavy atom. The van der Waals surface area contributed by atoms with Crippen LogP contribution in [0.2, 0.25) is 0 Å². The predicted octanol–water partition coefficient (Wildman–Crippen LogP) is 2.23. The minimum atomic E-state index is -6.08. The van der Waals surface area contributed by atoms with Gasteiger partial charge in [-0.1, -0.05) is 0 Å². The van der Waals surface area contributed by atoms with Gasteiger partial charge in [0, 0.05) is 5.69 Å². The number of hydrogen-bond donors (Lipinski definition) is 3. The molecular formula is C10H6F5NO4. The Morgan fingerprint density at radius 1 is 1.10 bits per heavy atom. The third-order valence-electron chi connectivity index (χ3n) is 2.13. The van der Waals surface area contributed by atoms with E-state index in [-0.39, 0.29) is 0 Å². The van der Waals surface area contributed by atoms with E-state index in [1.54, 1.807) is 0 Å². The summed E-state index contributed by atoms with van der Waals surface area (Å²) in [6.45, 7) is 0. The lowest BCUT2D eigenvalue weighted by atomic mass is 10.1. The van der Waals surface area contributed by atoms with Crippen LogP contribution < -0.4 is 5.32 Å². The molecule has 0 aliphatic heterocycles. The number of carbonyl (C=O) groups is 2. The summed E-state index contributed by atoms with van der Waals surface area (Å²) in [5.74, 6) is -10.7. The molecule has 0 saturated carbocycles. The molecule has 0 aliphatic carbocycles. The monoisotopic (exact) mass is 299 g/mol. The van der Waals surface area contributed by atoms with E-state index in [4.69, 9.17) is 10.2 Å². The van der Waals surface area contributed by atoms with Crippen LogP contribution in [0.3, 0.4) is 0 Å². The SMILES string of the molecule is O=C(O)c1cc(NC(=O)C(F)(F)C(F)(F)F)ccc1O. The van der Waals surface area contributed by atoms with Crippen molar-refractivity contribution in [3.8, 4) is 5.75 Å². The molecule has 0 heterocycles. The molecule has 3 N–H and O–H groups in total. The standard InChI is InChI=1S/C10H6F5NO4/c11-9(12,10(13,14)15)8(20)16-4-1-2-6(17)5(3-4)7(18)19/h1-3,17H,(H,16,20)(H,18,19). The van der Waals surface area contributed by atoms with Crippen molar-refractivity contribution >= 4 is 17.6 Å². The molecule has 0 aromatic heterocycles. The number of rotatable bonds is 3. The highest BCUT2D eigenvalue weighted by atomic mass is 19.4. The number of benzene rings is 1. The predicted molar refractivity (Wildman–Crippen MR) is 54.7 cm³/mol. The van der Waals surface area contributed by atoms with E-state index < -0.39 is 41.0 Å². The number of carboxylic acid groups (broad SMARTS) is 1. The Kier molecular flexibility index (Phi) is 3.87. The van der Waals surface area contributed by atoms with Crippen molar-refractivity contribution in [2.75, 3.05) is 5.32 Å². The van der Waals surface area contributed by atoms with Crippen molar-refractivity contribution in [1.82, 2.24) is 0 Å². The highest BCUT2D eigenvalue weighted by molar-refractivity contribution is 5.98. The zero-order valence-corrected chi connectivity index (χ0v) is 9.33. The molecule has 0 bridgehead atoms. The highest BCUT2D eigenvalue weighted by Crippen LogP contribution is 2.36. The highest BCUT2D eigenvalue weighted by Gasteiger charge is 2.63. The van der Waals surface area contributed by atoms with E-state index in [2.05, 4.69) is 0 Å². The Labute approximate surface area is 107 Å². The lowest BCUT2D eigenvalue weighted by molar-refractivity contribution is -0.267. The molecule has 1 amide bonds. The molecule has 0 saturated heterocycles. The molecule has 0 aliphatic rings. The fourth-order valence-corrected chi connectivity index (χ4v) is 1.12. The summed E-state index contributed by atoms with van der Waals surface area (Å²) in [6.07, 6.45) is -6.08. The summed E-state index contributed by atoms with van der Waals surface area (Å²) in [4.78, 5) is 21.5. The van der Waals surface area contributed by atoms with Crippen molar-refractivity contribution in [2.24, 2.45) is 0 Å². The van der Waals surface area contributed by atoms with E-state index in [1.807, 2.05) is 0 Å². The van der Waals surface area contributed by atoms with E-state index >= 15 is 0 Å². The molecule has 0 fully saturated rings. The zero-order valence-electron chi connectivity index (χ0n) is 9.33. The number of anilines is 1. The van der Waals surface area contributed by atoms with Crippen LogP contribution in [0, 0.1) is 0 Å². The van der Waals surface area contributed by atoms with Crippen molar-refractivity contribution in [3.63, 3.8) is 0 Å². The first kappa shape index (κ1) is 15.7. The number of carboxylic acids is 1. The number of phenols is 1. The second kappa shape index (κ2) is 4.94. The third kappa shape index (κ3) is 2.95. The van der Waals surface area contributed by atoms with Crippen LogP contribution in [-0.4, -0.2) is 34.2 Å². The lowest BCUT2D eigenvalue weighted by Gasteiger charge is -2.18. The fraction of sp³-hybridized carbons (Fsp3) is 0.200. The number of amides is 1. The van der Waals surface area contributed by atoms with Crippen LogP contribution in [0.25, 0.3) is 0 Å². The van der Waals surface area contributed by atoms with Crippen molar-refractivity contribution < 1.29 is 41.8 Å². The maximum absolute atomic E-state index is 12.6. The molecule has 110 valence electrons. The van der Waals surface area contributed by atoms with Crippen molar-refractivity contribution in [1.29, 1.82) is 0 Å². The van der Waals surface area contributed by atoms with Crippen LogP contribution in [0.5, 0.6) is 5.75 Å². The second-order valence-electron chi connectivity index (χ2n) is 3.56. The maximum atomic E-state index is 12.6. The molecule has 0 spiro atoms. The van der Waals surface area contributed by atoms with Gasteiger partial charge in [0.1, 0.15) is 11.3 Å². The van der Waals surface area contributed by atoms with Gasteiger partial charge in [0.15, 0.2) is 0 Å². The van der Waals surface area contributed by atoms with Gasteiger partial charge in [-0.15, -0.1) is 0 Å². The first-order valence-corrected chi connectivity index (χ1v) is 4.79. The van der Waals surface area contributed by atoms with Gasteiger partial charge >= 0.3 is 24.0 Å². The van der Waals surface area contributed by atoms with Gasteiger partial charge in [0.05, 0.1) is 0 Å². The average Bonchev–Trinajstić information content (AvgIpc) is 2.29. The lowest BCUT2D eigenvalue weighted by Crippen LogP contribution is -2.47. The van der Waals surface area contributed by atoms with Crippen LogP contribution in [0.4, 0.5) is 27.6 Å². The van der Waals surface area contributed by atoms with Gasteiger partial charge in [0.25, 0.3) is 0 Å². The number of nitrogens with one attached hydrogen (secondary N) is 1. The Balaban J connectivity index is 3.03. The maximum Gasteiger partial charge on any atom is 0.463 e. The number of aromatic hydroxyl groups is 1. The van der Waals surface area contributed by atoms with E-state index in [9.17, 15) is 31.5 Å².